The molecule has 2 heterocycles. The number of aliphatic hydroxyl groups is 7. The Morgan fingerprint density at radius 1 is 0.741 bits per heavy atom. The van der Waals surface area contributed by atoms with Crippen LogP contribution in [0.4, 0.5) is 0 Å². The van der Waals surface area contributed by atoms with Crippen molar-refractivity contribution in [2.24, 2.45) is 0 Å². The van der Waals surface area contributed by atoms with Gasteiger partial charge in [-0.2, -0.15) is 0 Å². The molecule has 2 rings (SSSR count). The SMILES string of the molecule is O=P(O)(O)O[C@H]1[C@H](O)[C@@H](O)C(OC2O[C@H](CO)[C@@H](O)[C@H](O)[C@H]2O)O[C@@H]1CO. The Hall–Kier alpha value is -0.290. The third-order valence-corrected chi connectivity index (χ3v) is 4.71. The fraction of sp³-hybridized carbons (Fsp3) is 1.00. The van der Waals surface area contributed by atoms with Crippen LogP contribution in [0.5, 0.6) is 0 Å². The van der Waals surface area contributed by atoms with E-state index in [0.29, 0.717) is 0 Å². The van der Waals surface area contributed by atoms with Gasteiger partial charge in [0.1, 0.15) is 48.8 Å². The summed E-state index contributed by atoms with van der Waals surface area (Å²) in [5, 5.41) is 67.9. The van der Waals surface area contributed by atoms with Gasteiger partial charge in [0.05, 0.1) is 13.2 Å². The summed E-state index contributed by atoms with van der Waals surface area (Å²) in [6.07, 6.45) is -17.3. The standard InChI is InChI=1S/C12H23O14P/c13-1-3-5(15)6(16)8(18)11(23-3)25-12-9(19)7(17)10(4(2-14)24-12)26-27(20,21)22/h3-19H,1-2H2,(H2,20,21,22)/t3-,4-,5-,6+,7-,8-,9-,10-,11?,12?/m1/s1. The van der Waals surface area contributed by atoms with Gasteiger partial charge in [-0.3, -0.25) is 4.52 Å². The van der Waals surface area contributed by atoms with Crippen molar-refractivity contribution >= 4 is 7.82 Å². The number of hydrogen-bond donors (Lipinski definition) is 9. The van der Waals surface area contributed by atoms with Crippen LogP contribution in [-0.4, -0.2) is 120 Å². The van der Waals surface area contributed by atoms with E-state index in [4.69, 9.17) is 29.1 Å². The Morgan fingerprint density at radius 3 is 1.70 bits per heavy atom. The lowest BCUT2D eigenvalue weighted by Crippen LogP contribution is -2.64. The third kappa shape index (κ3) is 5.20. The summed E-state index contributed by atoms with van der Waals surface area (Å²) in [4.78, 5) is 17.7. The van der Waals surface area contributed by atoms with Crippen LogP contribution in [0.25, 0.3) is 0 Å². The molecule has 0 amide bonds. The number of aliphatic hydroxyl groups excluding tert-OH is 7. The van der Waals surface area contributed by atoms with Crippen LogP contribution in [0.1, 0.15) is 0 Å². The average Bonchev–Trinajstić information content (AvgIpc) is 2.60. The molecule has 2 aliphatic heterocycles. The van der Waals surface area contributed by atoms with E-state index in [-0.39, 0.29) is 0 Å². The summed E-state index contributed by atoms with van der Waals surface area (Å²) in [7, 11) is -5.10. The smallest absolute Gasteiger partial charge is 0.394 e. The number of rotatable bonds is 6. The normalized spacial score (nSPS) is 46.4. The van der Waals surface area contributed by atoms with Gasteiger partial charge < -0.3 is 59.7 Å². The zero-order valence-corrected chi connectivity index (χ0v) is 14.6. The van der Waals surface area contributed by atoms with Crippen molar-refractivity contribution < 1.29 is 68.8 Å². The van der Waals surface area contributed by atoms with E-state index in [0.717, 1.165) is 0 Å². The maximum Gasteiger partial charge on any atom is 0.470 e. The van der Waals surface area contributed by atoms with Gasteiger partial charge >= 0.3 is 7.82 Å². The van der Waals surface area contributed by atoms with Crippen molar-refractivity contribution in [3.8, 4) is 0 Å². The van der Waals surface area contributed by atoms with E-state index < -0.39 is 82.4 Å². The molecule has 0 saturated carbocycles. The van der Waals surface area contributed by atoms with Crippen molar-refractivity contribution in [3.63, 3.8) is 0 Å². The Kier molecular flexibility index (Phi) is 7.68. The minimum Gasteiger partial charge on any atom is -0.394 e. The second-order valence-corrected chi connectivity index (χ2v) is 7.29. The molecule has 15 heteroatoms. The minimum atomic E-state index is -5.10. The van der Waals surface area contributed by atoms with Crippen LogP contribution in [0.3, 0.4) is 0 Å². The third-order valence-electron chi connectivity index (χ3n) is 4.20. The molecule has 160 valence electrons. The molecule has 0 aromatic carbocycles. The molecule has 0 spiro atoms. The van der Waals surface area contributed by atoms with Crippen molar-refractivity contribution in [3.05, 3.63) is 0 Å². The summed E-state index contributed by atoms with van der Waals surface area (Å²) in [6.45, 7) is -1.62. The van der Waals surface area contributed by atoms with Crippen molar-refractivity contribution in [1.82, 2.24) is 0 Å². The highest BCUT2D eigenvalue weighted by molar-refractivity contribution is 7.46. The molecule has 0 aliphatic carbocycles. The van der Waals surface area contributed by atoms with Crippen LogP contribution in [-0.2, 0) is 23.3 Å². The highest BCUT2D eigenvalue weighted by Crippen LogP contribution is 2.41. The summed E-state index contributed by atoms with van der Waals surface area (Å²) < 4.78 is 30.6. The molecule has 0 aromatic rings. The lowest BCUT2D eigenvalue weighted by molar-refractivity contribution is -0.375. The van der Waals surface area contributed by atoms with Gasteiger partial charge in [0.25, 0.3) is 0 Å². The topological polar surface area (TPSA) is 236 Å². The molecule has 0 aromatic heterocycles. The number of hydrogen-bond acceptors (Lipinski definition) is 12. The highest BCUT2D eigenvalue weighted by atomic mass is 31.2. The lowest BCUT2D eigenvalue weighted by Gasteiger charge is -2.45. The van der Waals surface area contributed by atoms with E-state index in [1.54, 1.807) is 0 Å². The minimum absolute atomic E-state index is 0.737. The van der Waals surface area contributed by atoms with Crippen LogP contribution in [0.15, 0.2) is 0 Å². The van der Waals surface area contributed by atoms with Gasteiger partial charge in [0.15, 0.2) is 12.6 Å². The molecule has 2 unspecified atom stereocenters. The van der Waals surface area contributed by atoms with Gasteiger partial charge in [-0.05, 0) is 0 Å². The summed E-state index contributed by atoms with van der Waals surface area (Å²) >= 11 is 0. The second-order valence-electron chi connectivity index (χ2n) is 6.10. The Balaban J connectivity index is 2.11. The van der Waals surface area contributed by atoms with Crippen molar-refractivity contribution in [2.45, 2.75) is 61.4 Å². The molecule has 10 atom stereocenters. The molecule has 2 saturated heterocycles. The van der Waals surface area contributed by atoms with Crippen LogP contribution >= 0.6 is 7.82 Å². The summed E-state index contributed by atoms with van der Waals surface area (Å²) in [6, 6.07) is 0. The van der Waals surface area contributed by atoms with Gasteiger partial charge in [-0.1, -0.05) is 0 Å². The first kappa shape index (κ1) is 23.0. The largest absolute Gasteiger partial charge is 0.470 e. The lowest BCUT2D eigenvalue weighted by atomic mass is 9.98. The van der Waals surface area contributed by atoms with E-state index in [1.807, 2.05) is 0 Å². The quantitative estimate of drug-likeness (QED) is 0.182. The van der Waals surface area contributed by atoms with E-state index in [1.165, 1.54) is 0 Å². The van der Waals surface area contributed by atoms with Gasteiger partial charge in [-0.25, -0.2) is 4.57 Å². The molecule has 14 nitrogen and oxygen atoms in total. The van der Waals surface area contributed by atoms with Crippen molar-refractivity contribution in [1.29, 1.82) is 0 Å². The van der Waals surface area contributed by atoms with E-state index in [9.17, 15) is 35.2 Å². The highest BCUT2D eigenvalue weighted by Gasteiger charge is 2.51. The van der Waals surface area contributed by atoms with Crippen LogP contribution in [0.2, 0.25) is 0 Å². The Labute approximate surface area is 152 Å². The van der Waals surface area contributed by atoms with Gasteiger partial charge in [0.2, 0.25) is 0 Å². The molecule has 2 fully saturated rings. The molecular weight excluding hydrogens is 399 g/mol. The summed E-state index contributed by atoms with van der Waals surface area (Å²) in [5.74, 6) is 0. The van der Waals surface area contributed by atoms with Gasteiger partial charge in [-0.15, -0.1) is 0 Å². The number of ether oxygens (including phenoxy) is 3. The fourth-order valence-corrected chi connectivity index (χ4v) is 3.34. The van der Waals surface area contributed by atoms with Gasteiger partial charge in [0, 0.05) is 0 Å². The molecular formula is C12H23O14P. The predicted molar refractivity (Wildman–Crippen MR) is 79.5 cm³/mol. The second kappa shape index (κ2) is 9.02. The molecule has 2 aliphatic rings. The Morgan fingerprint density at radius 2 is 1.22 bits per heavy atom. The van der Waals surface area contributed by atoms with E-state index in [2.05, 4.69) is 4.52 Å². The average molecular weight is 422 g/mol. The molecule has 0 bridgehead atoms. The van der Waals surface area contributed by atoms with Crippen LogP contribution < -0.4 is 0 Å². The maximum absolute atomic E-state index is 11.0. The maximum atomic E-state index is 11.0. The van der Waals surface area contributed by atoms with Crippen LogP contribution in [0, 0.1) is 0 Å². The Bertz CT molecular complexity index is 524. The zero-order valence-electron chi connectivity index (χ0n) is 13.7. The summed E-state index contributed by atoms with van der Waals surface area (Å²) in [5.41, 5.74) is 0. The first-order valence-electron chi connectivity index (χ1n) is 7.82. The van der Waals surface area contributed by atoms with Crippen molar-refractivity contribution in [2.75, 3.05) is 13.2 Å². The first-order valence-corrected chi connectivity index (χ1v) is 9.35. The number of phosphoric acid groups is 1. The molecule has 27 heavy (non-hydrogen) atoms. The fourth-order valence-electron chi connectivity index (χ4n) is 2.77. The van der Waals surface area contributed by atoms with E-state index >= 15 is 0 Å². The predicted octanol–water partition coefficient (Wildman–Crippen LogP) is -5.28. The zero-order chi connectivity index (χ0) is 20.5. The molecule has 9 N–H and O–H groups in total. The molecule has 0 radical (unpaired) electrons. The first-order chi connectivity index (χ1) is 12.5. The number of phosphoric ester groups is 1. The monoisotopic (exact) mass is 422 g/mol.